The molecule has 0 aromatic heterocycles. The molecule has 2 N–H and O–H groups in total. The second-order valence-electron chi connectivity index (χ2n) is 6.18. The van der Waals surface area contributed by atoms with E-state index in [-0.39, 0.29) is 11.8 Å². The minimum Gasteiger partial charge on any atom is -0.497 e. The van der Waals surface area contributed by atoms with Crippen LogP contribution in [0.25, 0.3) is 0 Å². The molecular formula is C18H31N3O3S. The van der Waals surface area contributed by atoms with Crippen LogP contribution in [-0.2, 0) is 16.3 Å². The average Bonchev–Trinajstić information content (AvgIpc) is 2.56. The maximum Gasteiger partial charge on any atom is 0.191 e. The van der Waals surface area contributed by atoms with Crippen molar-refractivity contribution < 1.29 is 13.2 Å². The van der Waals surface area contributed by atoms with E-state index in [2.05, 4.69) is 21.7 Å². The highest BCUT2D eigenvalue weighted by molar-refractivity contribution is 7.90. The van der Waals surface area contributed by atoms with Crippen molar-refractivity contribution >= 4 is 15.8 Å². The van der Waals surface area contributed by atoms with E-state index >= 15 is 0 Å². The highest BCUT2D eigenvalue weighted by Crippen LogP contribution is 2.13. The topological polar surface area (TPSA) is 79.8 Å². The van der Waals surface area contributed by atoms with Crippen LogP contribution in [-0.4, -0.2) is 52.6 Å². The summed E-state index contributed by atoms with van der Waals surface area (Å²) in [7, 11) is -1.27. The molecule has 6 nitrogen and oxygen atoms in total. The van der Waals surface area contributed by atoms with Gasteiger partial charge in [0.15, 0.2) is 5.96 Å². The zero-order valence-corrected chi connectivity index (χ0v) is 16.5. The second kappa shape index (κ2) is 11.0. The molecule has 1 atom stereocenters. The number of hydrogen-bond acceptors (Lipinski definition) is 4. The van der Waals surface area contributed by atoms with Crippen molar-refractivity contribution in [1.29, 1.82) is 0 Å². The second-order valence-corrected chi connectivity index (χ2v) is 8.44. The van der Waals surface area contributed by atoms with Crippen LogP contribution < -0.4 is 15.4 Å². The number of hydrogen-bond donors (Lipinski definition) is 2. The van der Waals surface area contributed by atoms with Crippen LogP contribution in [0.2, 0.25) is 0 Å². The summed E-state index contributed by atoms with van der Waals surface area (Å²) in [6, 6.07) is 8.11. The Bertz CT molecular complexity index is 645. The van der Waals surface area contributed by atoms with Crippen LogP contribution >= 0.6 is 0 Å². The number of aryl methyl sites for hydroxylation is 1. The van der Waals surface area contributed by atoms with Crippen molar-refractivity contribution in [3.05, 3.63) is 29.8 Å². The Kier molecular flexibility index (Phi) is 9.34. The van der Waals surface area contributed by atoms with Gasteiger partial charge in [0, 0.05) is 25.4 Å². The van der Waals surface area contributed by atoms with Gasteiger partial charge in [-0.3, -0.25) is 4.99 Å². The molecule has 1 rings (SSSR count). The van der Waals surface area contributed by atoms with Gasteiger partial charge in [0.05, 0.1) is 12.9 Å². The van der Waals surface area contributed by atoms with Crippen molar-refractivity contribution in [1.82, 2.24) is 10.6 Å². The van der Waals surface area contributed by atoms with Crippen molar-refractivity contribution in [2.45, 2.75) is 39.2 Å². The molecule has 0 saturated heterocycles. The Morgan fingerprint density at radius 1 is 1.36 bits per heavy atom. The fourth-order valence-corrected chi connectivity index (χ4v) is 3.10. The van der Waals surface area contributed by atoms with Gasteiger partial charge in [-0.25, -0.2) is 8.42 Å². The summed E-state index contributed by atoms with van der Waals surface area (Å²) in [5.41, 5.74) is 1.23. The minimum atomic E-state index is -2.94. The molecule has 1 unspecified atom stereocenters. The van der Waals surface area contributed by atoms with Gasteiger partial charge in [0.1, 0.15) is 15.6 Å². The minimum absolute atomic E-state index is 0.0471. The van der Waals surface area contributed by atoms with Crippen LogP contribution in [0.3, 0.4) is 0 Å². The highest BCUT2D eigenvalue weighted by Gasteiger charge is 2.09. The number of aliphatic imine (C=N–C) groups is 1. The van der Waals surface area contributed by atoms with Crippen LogP contribution in [0.15, 0.2) is 29.3 Å². The molecule has 142 valence electrons. The van der Waals surface area contributed by atoms with Crippen LogP contribution in [0.5, 0.6) is 5.75 Å². The third-order valence-electron chi connectivity index (χ3n) is 3.68. The Morgan fingerprint density at radius 2 is 2.12 bits per heavy atom. The van der Waals surface area contributed by atoms with Gasteiger partial charge in [0.2, 0.25) is 0 Å². The quantitative estimate of drug-likeness (QED) is 0.375. The number of nitrogens with one attached hydrogen (secondary N) is 2. The van der Waals surface area contributed by atoms with Crippen molar-refractivity contribution in [2.24, 2.45) is 4.99 Å². The number of guanidine groups is 1. The summed E-state index contributed by atoms with van der Waals surface area (Å²) >= 11 is 0. The molecule has 1 aromatic carbocycles. The fourth-order valence-electron chi connectivity index (χ4n) is 2.32. The fraction of sp³-hybridized carbons (Fsp3) is 0.611. The van der Waals surface area contributed by atoms with E-state index in [1.165, 1.54) is 11.8 Å². The molecular weight excluding hydrogens is 338 g/mol. The van der Waals surface area contributed by atoms with Gasteiger partial charge in [-0.1, -0.05) is 12.1 Å². The molecule has 0 heterocycles. The lowest BCUT2D eigenvalue weighted by molar-refractivity contribution is 0.414. The normalized spacial score (nSPS) is 13.4. The first-order valence-electron chi connectivity index (χ1n) is 8.69. The van der Waals surface area contributed by atoms with Gasteiger partial charge in [0.25, 0.3) is 0 Å². The Morgan fingerprint density at radius 3 is 2.76 bits per heavy atom. The molecule has 0 radical (unpaired) electrons. The summed E-state index contributed by atoms with van der Waals surface area (Å²) in [4.78, 5) is 4.57. The summed E-state index contributed by atoms with van der Waals surface area (Å²) in [6.07, 6.45) is 3.69. The van der Waals surface area contributed by atoms with Gasteiger partial charge in [-0.05, 0) is 50.8 Å². The monoisotopic (exact) mass is 369 g/mol. The van der Waals surface area contributed by atoms with Gasteiger partial charge < -0.3 is 15.4 Å². The van der Waals surface area contributed by atoms with E-state index in [0.29, 0.717) is 13.0 Å². The smallest absolute Gasteiger partial charge is 0.191 e. The lowest BCUT2D eigenvalue weighted by Crippen LogP contribution is -2.42. The largest absolute Gasteiger partial charge is 0.497 e. The predicted molar refractivity (Wildman–Crippen MR) is 104 cm³/mol. The Balaban J connectivity index is 2.46. The van der Waals surface area contributed by atoms with Crippen LogP contribution in [0.1, 0.15) is 32.3 Å². The first-order valence-corrected chi connectivity index (χ1v) is 10.8. The molecule has 0 aliphatic rings. The van der Waals surface area contributed by atoms with E-state index < -0.39 is 9.84 Å². The van der Waals surface area contributed by atoms with E-state index in [1.807, 2.05) is 32.0 Å². The number of ether oxygens (including phenoxy) is 1. The number of benzene rings is 1. The van der Waals surface area contributed by atoms with E-state index in [4.69, 9.17) is 4.74 Å². The molecule has 0 bridgehead atoms. The molecule has 0 saturated carbocycles. The standard InChI is InChI=1S/C18H31N3O3S/c1-5-19-18(21-15(2)11-13-25(4,22)23)20-12-7-9-16-8-6-10-17(14-16)24-3/h6,8,10,14-15H,5,7,9,11-13H2,1-4H3,(H2,19,20,21). The highest BCUT2D eigenvalue weighted by atomic mass is 32.2. The summed E-state index contributed by atoms with van der Waals surface area (Å²) < 4.78 is 27.7. The molecule has 1 aromatic rings. The molecule has 0 aliphatic carbocycles. The summed E-state index contributed by atoms with van der Waals surface area (Å²) in [5, 5.41) is 6.46. The van der Waals surface area contributed by atoms with E-state index in [9.17, 15) is 8.42 Å². The first kappa shape index (κ1) is 21.3. The van der Waals surface area contributed by atoms with Gasteiger partial charge >= 0.3 is 0 Å². The Labute approximate surface area is 152 Å². The van der Waals surface area contributed by atoms with Crippen LogP contribution in [0, 0.1) is 0 Å². The molecule has 0 fully saturated rings. The molecule has 25 heavy (non-hydrogen) atoms. The third kappa shape index (κ3) is 9.96. The van der Waals surface area contributed by atoms with Gasteiger partial charge in [-0.15, -0.1) is 0 Å². The lowest BCUT2D eigenvalue weighted by atomic mass is 10.1. The van der Waals surface area contributed by atoms with Crippen molar-refractivity contribution in [2.75, 3.05) is 32.2 Å². The molecule has 0 spiro atoms. The number of rotatable bonds is 10. The SMILES string of the molecule is CCNC(=NCCCc1cccc(OC)c1)NC(C)CCS(C)(=O)=O. The molecule has 0 amide bonds. The number of methoxy groups -OCH3 is 1. The summed E-state index contributed by atoms with van der Waals surface area (Å²) in [5.74, 6) is 1.78. The third-order valence-corrected chi connectivity index (χ3v) is 4.65. The van der Waals surface area contributed by atoms with E-state index in [0.717, 1.165) is 31.1 Å². The maximum absolute atomic E-state index is 11.3. The summed E-state index contributed by atoms with van der Waals surface area (Å²) in [6.45, 7) is 5.44. The van der Waals surface area contributed by atoms with Crippen molar-refractivity contribution in [3.63, 3.8) is 0 Å². The Hall–Kier alpha value is -1.76. The van der Waals surface area contributed by atoms with E-state index in [1.54, 1.807) is 7.11 Å². The zero-order valence-electron chi connectivity index (χ0n) is 15.7. The molecule has 7 heteroatoms. The number of nitrogens with zero attached hydrogens (tertiary/aromatic N) is 1. The maximum atomic E-state index is 11.3. The molecule has 0 aliphatic heterocycles. The number of sulfone groups is 1. The van der Waals surface area contributed by atoms with Gasteiger partial charge in [-0.2, -0.15) is 0 Å². The van der Waals surface area contributed by atoms with Crippen molar-refractivity contribution in [3.8, 4) is 5.75 Å². The average molecular weight is 370 g/mol. The predicted octanol–water partition coefficient (Wildman–Crippen LogP) is 2.01. The lowest BCUT2D eigenvalue weighted by Gasteiger charge is -2.17. The van der Waals surface area contributed by atoms with Crippen LogP contribution in [0.4, 0.5) is 0 Å². The zero-order chi connectivity index (χ0) is 18.7. The first-order chi connectivity index (χ1) is 11.8.